The van der Waals surface area contributed by atoms with Crippen LogP contribution in [-0.2, 0) is 6.42 Å². The molecule has 0 N–H and O–H groups in total. The molecule has 0 fully saturated rings. The van der Waals surface area contributed by atoms with Crippen LogP contribution in [0.5, 0.6) is 0 Å². The molecule has 0 aliphatic carbocycles. The molecule has 2 aromatic rings. The van der Waals surface area contributed by atoms with Crippen LogP contribution in [0.15, 0.2) is 59.3 Å². The van der Waals surface area contributed by atoms with Gasteiger partial charge in [-0.1, -0.05) is 30.3 Å². The quantitative estimate of drug-likeness (QED) is 0.341. The van der Waals surface area contributed by atoms with E-state index in [0.717, 1.165) is 35.9 Å². The zero-order valence-corrected chi connectivity index (χ0v) is 11.6. The van der Waals surface area contributed by atoms with Gasteiger partial charge in [0.05, 0.1) is 12.4 Å². The van der Waals surface area contributed by atoms with Crippen LogP contribution in [0, 0.1) is 17.5 Å². The lowest BCUT2D eigenvalue weighted by molar-refractivity contribution is 0.447. The van der Waals surface area contributed by atoms with Crippen LogP contribution >= 0.6 is 0 Å². The summed E-state index contributed by atoms with van der Waals surface area (Å²) < 4.78 is 38.8. The van der Waals surface area contributed by atoms with Crippen molar-refractivity contribution in [2.75, 3.05) is 0 Å². The smallest absolute Gasteiger partial charge is 0.194 e. The molecule has 2 rings (SSSR count). The summed E-state index contributed by atoms with van der Waals surface area (Å²) in [4.78, 5) is 0. The van der Waals surface area contributed by atoms with Gasteiger partial charge in [-0.3, -0.25) is 0 Å². The molecule has 0 amide bonds. The van der Waals surface area contributed by atoms with Gasteiger partial charge in [0.15, 0.2) is 17.5 Å². The van der Waals surface area contributed by atoms with E-state index in [0.29, 0.717) is 0 Å². The standard InChI is InChI=1S/C17H13F3N2/c1-2-3-12-4-6-13(7-5-12)10-21-22-11-14-8-15(18)17(20)16(19)9-14/h2,4-11H,1,3H2. The second-order valence-electron chi connectivity index (χ2n) is 4.52. The molecule has 112 valence electrons. The minimum atomic E-state index is -1.50. The van der Waals surface area contributed by atoms with Crippen LogP contribution in [0.25, 0.3) is 0 Å². The lowest BCUT2D eigenvalue weighted by atomic mass is 10.1. The van der Waals surface area contributed by atoms with Gasteiger partial charge in [-0.2, -0.15) is 10.2 Å². The number of allylic oxidation sites excluding steroid dienone is 1. The number of hydrogen-bond donors (Lipinski definition) is 0. The molecule has 0 spiro atoms. The highest BCUT2D eigenvalue weighted by Crippen LogP contribution is 2.12. The summed E-state index contributed by atoms with van der Waals surface area (Å²) in [5, 5.41) is 7.46. The van der Waals surface area contributed by atoms with Crippen molar-refractivity contribution in [1.29, 1.82) is 0 Å². The van der Waals surface area contributed by atoms with E-state index in [9.17, 15) is 13.2 Å². The number of nitrogens with zero attached hydrogens (tertiary/aromatic N) is 2. The van der Waals surface area contributed by atoms with E-state index in [1.807, 2.05) is 30.3 Å². The Morgan fingerprint density at radius 1 is 0.864 bits per heavy atom. The van der Waals surface area contributed by atoms with Crippen molar-refractivity contribution < 1.29 is 13.2 Å². The molecule has 5 heteroatoms. The van der Waals surface area contributed by atoms with Crippen LogP contribution < -0.4 is 0 Å². The number of hydrogen-bond acceptors (Lipinski definition) is 2. The minimum absolute atomic E-state index is 0.0925. The minimum Gasteiger partial charge on any atom is -0.204 e. The van der Waals surface area contributed by atoms with Gasteiger partial charge in [-0.05, 0) is 29.7 Å². The third-order valence-electron chi connectivity index (χ3n) is 2.85. The predicted molar refractivity (Wildman–Crippen MR) is 81.8 cm³/mol. The number of halogens is 3. The second kappa shape index (κ2) is 7.36. The lowest BCUT2D eigenvalue weighted by Crippen LogP contribution is -1.93. The third-order valence-corrected chi connectivity index (χ3v) is 2.85. The zero-order valence-electron chi connectivity index (χ0n) is 11.6. The van der Waals surface area contributed by atoms with Crippen LogP contribution in [0.3, 0.4) is 0 Å². The first-order chi connectivity index (χ1) is 10.6. The SMILES string of the molecule is C=CCc1ccc(C=NN=Cc2cc(F)c(F)c(F)c2)cc1. The molecule has 2 aromatic carbocycles. The summed E-state index contributed by atoms with van der Waals surface area (Å²) in [6, 6.07) is 9.32. The van der Waals surface area contributed by atoms with Crippen molar-refractivity contribution in [3.05, 3.63) is 83.2 Å². The first kappa shape index (κ1) is 15.7. The second-order valence-corrected chi connectivity index (χ2v) is 4.52. The molecule has 0 saturated carbocycles. The maximum absolute atomic E-state index is 13.0. The van der Waals surface area contributed by atoms with E-state index in [-0.39, 0.29) is 5.56 Å². The summed E-state index contributed by atoms with van der Waals surface area (Å²) in [6.07, 6.45) is 5.25. The van der Waals surface area contributed by atoms with Gasteiger partial charge in [-0.15, -0.1) is 6.58 Å². The Kier molecular flexibility index (Phi) is 5.25. The molecule has 0 aliphatic heterocycles. The molecule has 0 bridgehead atoms. The topological polar surface area (TPSA) is 24.7 Å². The van der Waals surface area contributed by atoms with Gasteiger partial charge in [0.1, 0.15) is 0 Å². The Hall–Kier alpha value is -2.69. The summed E-state index contributed by atoms with van der Waals surface area (Å²) in [6.45, 7) is 3.66. The van der Waals surface area contributed by atoms with Crippen molar-refractivity contribution in [2.45, 2.75) is 6.42 Å². The predicted octanol–water partition coefficient (Wildman–Crippen LogP) is 4.29. The van der Waals surface area contributed by atoms with Crippen LogP contribution in [0.2, 0.25) is 0 Å². The van der Waals surface area contributed by atoms with E-state index >= 15 is 0 Å². The first-order valence-corrected chi connectivity index (χ1v) is 6.51. The van der Waals surface area contributed by atoms with E-state index in [1.165, 1.54) is 6.21 Å². The molecule has 0 aliphatic rings. The van der Waals surface area contributed by atoms with Crippen LogP contribution in [0.1, 0.15) is 16.7 Å². The molecule has 0 saturated heterocycles. The molecule has 2 nitrogen and oxygen atoms in total. The van der Waals surface area contributed by atoms with Crippen LogP contribution in [0.4, 0.5) is 13.2 Å². The van der Waals surface area contributed by atoms with E-state index < -0.39 is 17.5 Å². The maximum atomic E-state index is 13.0. The van der Waals surface area contributed by atoms with Gasteiger partial charge in [0.2, 0.25) is 0 Å². The Labute approximate surface area is 126 Å². The lowest BCUT2D eigenvalue weighted by Gasteiger charge is -1.97. The summed E-state index contributed by atoms with van der Waals surface area (Å²) >= 11 is 0. The molecule has 22 heavy (non-hydrogen) atoms. The third kappa shape index (κ3) is 4.15. The Bertz CT molecular complexity index is 696. The Morgan fingerprint density at radius 2 is 1.41 bits per heavy atom. The Balaban J connectivity index is 2.04. The van der Waals surface area contributed by atoms with Gasteiger partial charge in [-0.25, -0.2) is 13.2 Å². The molecular weight excluding hydrogens is 289 g/mol. The first-order valence-electron chi connectivity index (χ1n) is 6.51. The van der Waals surface area contributed by atoms with Crippen molar-refractivity contribution in [1.82, 2.24) is 0 Å². The molecule has 0 radical (unpaired) electrons. The molecule has 0 unspecified atom stereocenters. The van der Waals surface area contributed by atoms with Gasteiger partial charge >= 0.3 is 0 Å². The number of rotatable bonds is 5. The summed E-state index contributed by atoms with van der Waals surface area (Å²) in [5.74, 6) is -4.02. The van der Waals surface area contributed by atoms with Crippen molar-refractivity contribution in [2.24, 2.45) is 10.2 Å². The summed E-state index contributed by atoms with van der Waals surface area (Å²) in [5.41, 5.74) is 2.06. The molecular formula is C17H13F3N2. The van der Waals surface area contributed by atoms with E-state index in [4.69, 9.17) is 0 Å². The van der Waals surface area contributed by atoms with Gasteiger partial charge in [0, 0.05) is 5.56 Å². The average Bonchev–Trinajstić information content (AvgIpc) is 2.51. The fourth-order valence-corrected chi connectivity index (χ4v) is 1.76. The number of benzene rings is 2. The van der Waals surface area contributed by atoms with Crippen molar-refractivity contribution in [3.63, 3.8) is 0 Å². The maximum Gasteiger partial charge on any atom is 0.194 e. The van der Waals surface area contributed by atoms with Gasteiger partial charge in [0.25, 0.3) is 0 Å². The van der Waals surface area contributed by atoms with E-state index in [1.54, 1.807) is 0 Å². The molecule has 0 heterocycles. The summed E-state index contributed by atoms with van der Waals surface area (Å²) in [7, 11) is 0. The Morgan fingerprint density at radius 3 is 1.95 bits per heavy atom. The normalized spacial score (nSPS) is 11.4. The fourth-order valence-electron chi connectivity index (χ4n) is 1.76. The fraction of sp³-hybridized carbons (Fsp3) is 0.0588. The monoisotopic (exact) mass is 302 g/mol. The molecule has 0 atom stereocenters. The van der Waals surface area contributed by atoms with E-state index in [2.05, 4.69) is 16.8 Å². The van der Waals surface area contributed by atoms with Crippen molar-refractivity contribution >= 4 is 12.4 Å². The highest BCUT2D eigenvalue weighted by Gasteiger charge is 2.09. The van der Waals surface area contributed by atoms with Crippen molar-refractivity contribution in [3.8, 4) is 0 Å². The largest absolute Gasteiger partial charge is 0.204 e. The average molecular weight is 302 g/mol. The highest BCUT2D eigenvalue weighted by molar-refractivity contribution is 5.82. The highest BCUT2D eigenvalue weighted by atomic mass is 19.2. The van der Waals surface area contributed by atoms with Gasteiger partial charge < -0.3 is 0 Å². The van der Waals surface area contributed by atoms with Crippen LogP contribution in [-0.4, -0.2) is 12.4 Å². The molecule has 0 aromatic heterocycles. The zero-order chi connectivity index (χ0) is 15.9.